The van der Waals surface area contributed by atoms with Gasteiger partial charge in [0.05, 0.1) is 13.2 Å². The molecule has 0 spiro atoms. The number of fused-ring (bicyclic) bond motifs is 1. The van der Waals surface area contributed by atoms with Gasteiger partial charge < -0.3 is 10.1 Å². The van der Waals surface area contributed by atoms with Gasteiger partial charge in [0, 0.05) is 30.6 Å². The van der Waals surface area contributed by atoms with E-state index in [1.165, 1.54) is 0 Å². The van der Waals surface area contributed by atoms with Crippen LogP contribution in [0.5, 0.6) is 0 Å². The number of alkyl halides is 3. The van der Waals surface area contributed by atoms with Gasteiger partial charge in [0.25, 0.3) is 5.91 Å². The van der Waals surface area contributed by atoms with E-state index in [1.807, 2.05) is 12.1 Å². The topological polar surface area (TPSA) is 58.9 Å². The van der Waals surface area contributed by atoms with Gasteiger partial charge in [-0.2, -0.15) is 13.2 Å². The number of benzene rings is 1. The third-order valence-electron chi connectivity index (χ3n) is 4.51. The number of thiazole rings is 1. The Bertz CT molecular complexity index is 975. The number of aromatic nitrogens is 2. The van der Waals surface area contributed by atoms with E-state index in [4.69, 9.17) is 4.74 Å². The van der Waals surface area contributed by atoms with E-state index >= 15 is 0 Å². The molecule has 1 N–H and O–H groups in total. The fourth-order valence-corrected chi connectivity index (χ4v) is 3.98. The van der Waals surface area contributed by atoms with Crippen LogP contribution in [0.4, 0.5) is 19.0 Å². The van der Waals surface area contributed by atoms with E-state index in [0.29, 0.717) is 5.56 Å². The third kappa shape index (κ3) is 3.89. The zero-order valence-electron chi connectivity index (χ0n) is 14.7. The summed E-state index contributed by atoms with van der Waals surface area (Å²) in [5, 5.41) is 3.60. The fourth-order valence-electron chi connectivity index (χ4n) is 3.04. The Kier molecular flexibility index (Phi) is 5.09. The molecule has 0 atom stereocenters. The number of hydrogen-bond donors (Lipinski definition) is 1. The SMILES string of the molecule is O=C(Nc1ncn2c(C(F)(F)F)csc12)c1ccc(CN2CCOCC2)cc1. The highest BCUT2D eigenvalue weighted by atomic mass is 32.1. The molecule has 0 aliphatic carbocycles. The average molecular weight is 410 g/mol. The first-order valence-corrected chi connectivity index (χ1v) is 9.52. The minimum absolute atomic E-state index is 0.114. The predicted octanol–water partition coefficient (Wildman–Crippen LogP) is 3.50. The van der Waals surface area contributed by atoms with Crippen molar-refractivity contribution in [2.45, 2.75) is 12.7 Å². The number of hydrogen-bond acceptors (Lipinski definition) is 5. The molecule has 28 heavy (non-hydrogen) atoms. The zero-order chi connectivity index (χ0) is 19.7. The maximum absolute atomic E-state index is 13.0. The van der Waals surface area contributed by atoms with Crippen LogP contribution in [0.1, 0.15) is 21.6 Å². The second kappa shape index (κ2) is 7.53. The second-order valence-corrected chi connectivity index (χ2v) is 7.28. The Hall–Kier alpha value is -2.43. The summed E-state index contributed by atoms with van der Waals surface area (Å²) in [5.41, 5.74) is 0.684. The molecule has 1 saturated heterocycles. The Morgan fingerprint density at radius 1 is 1.21 bits per heavy atom. The van der Waals surface area contributed by atoms with Crippen LogP contribution >= 0.6 is 11.3 Å². The summed E-state index contributed by atoms with van der Waals surface area (Å²) in [6.45, 7) is 3.97. The third-order valence-corrected chi connectivity index (χ3v) is 5.47. The summed E-state index contributed by atoms with van der Waals surface area (Å²) in [7, 11) is 0. The van der Waals surface area contributed by atoms with Crippen LogP contribution in [0.3, 0.4) is 0 Å². The van der Waals surface area contributed by atoms with Gasteiger partial charge in [-0.3, -0.25) is 14.1 Å². The summed E-state index contributed by atoms with van der Waals surface area (Å²) in [6, 6.07) is 7.15. The molecule has 0 radical (unpaired) electrons. The number of rotatable bonds is 4. The van der Waals surface area contributed by atoms with Gasteiger partial charge in [-0.1, -0.05) is 12.1 Å². The lowest BCUT2D eigenvalue weighted by Gasteiger charge is -2.26. The molecule has 0 saturated carbocycles. The number of amides is 1. The number of nitrogens with zero attached hydrogens (tertiary/aromatic N) is 3. The van der Waals surface area contributed by atoms with Crippen molar-refractivity contribution in [1.82, 2.24) is 14.3 Å². The van der Waals surface area contributed by atoms with E-state index in [-0.39, 0.29) is 10.6 Å². The van der Waals surface area contributed by atoms with Gasteiger partial charge in [0.1, 0.15) is 16.9 Å². The normalized spacial score (nSPS) is 15.8. The van der Waals surface area contributed by atoms with Crippen LogP contribution in [-0.4, -0.2) is 46.5 Å². The number of nitrogens with one attached hydrogen (secondary N) is 1. The number of halogens is 3. The van der Waals surface area contributed by atoms with Gasteiger partial charge in [-0.25, -0.2) is 4.98 Å². The molecule has 1 fully saturated rings. The maximum atomic E-state index is 13.0. The van der Waals surface area contributed by atoms with Crippen molar-refractivity contribution < 1.29 is 22.7 Å². The summed E-state index contributed by atoms with van der Waals surface area (Å²) in [4.78, 5) is 18.9. The van der Waals surface area contributed by atoms with Crippen molar-refractivity contribution in [3.05, 3.63) is 52.8 Å². The quantitative estimate of drug-likeness (QED) is 0.715. The molecule has 4 rings (SSSR count). The Morgan fingerprint density at radius 3 is 2.61 bits per heavy atom. The number of carbonyl (C=O) groups is 1. The predicted molar refractivity (Wildman–Crippen MR) is 98.6 cm³/mol. The number of imidazole rings is 1. The molecule has 0 bridgehead atoms. The molecular formula is C18H17F3N4O2S. The fraction of sp³-hybridized carbons (Fsp3) is 0.333. The first kappa shape index (κ1) is 18.9. The van der Waals surface area contributed by atoms with Crippen molar-refractivity contribution in [2.75, 3.05) is 31.6 Å². The lowest BCUT2D eigenvalue weighted by molar-refractivity contribution is -0.141. The van der Waals surface area contributed by atoms with Crippen LogP contribution in [0.2, 0.25) is 0 Å². The van der Waals surface area contributed by atoms with Gasteiger partial charge in [0.2, 0.25) is 0 Å². The van der Waals surface area contributed by atoms with E-state index in [2.05, 4.69) is 15.2 Å². The molecule has 0 unspecified atom stereocenters. The van der Waals surface area contributed by atoms with Crippen LogP contribution in [-0.2, 0) is 17.5 Å². The van der Waals surface area contributed by atoms with Gasteiger partial charge >= 0.3 is 6.18 Å². The molecule has 148 valence electrons. The van der Waals surface area contributed by atoms with Crippen LogP contribution in [0, 0.1) is 0 Å². The zero-order valence-corrected chi connectivity index (χ0v) is 15.5. The molecular weight excluding hydrogens is 393 g/mol. The van der Waals surface area contributed by atoms with Crippen molar-refractivity contribution in [3.8, 4) is 0 Å². The molecule has 1 aliphatic rings. The molecule has 6 nitrogen and oxygen atoms in total. The first-order chi connectivity index (χ1) is 13.4. The molecule has 2 aromatic heterocycles. The van der Waals surface area contributed by atoms with Crippen LogP contribution in [0.15, 0.2) is 36.0 Å². The lowest BCUT2D eigenvalue weighted by Crippen LogP contribution is -2.35. The summed E-state index contributed by atoms with van der Waals surface area (Å²) in [6.07, 6.45) is -3.41. The number of ether oxygens (including phenoxy) is 1. The highest BCUT2D eigenvalue weighted by Gasteiger charge is 2.35. The second-order valence-electron chi connectivity index (χ2n) is 6.43. The number of carbonyl (C=O) groups excluding carboxylic acids is 1. The minimum atomic E-state index is -4.48. The largest absolute Gasteiger partial charge is 0.432 e. The van der Waals surface area contributed by atoms with Crippen molar-refractivity contribution >= 4 is 27.9 Å². The van der Waals surface area contributed by atoms with Crippen molar-refractivity contribution in [3.63, 3.8) is 0 Å². The average Bonchev–Trinajstić information content (AvgIpc) is 3.26. The van der Waals surface area contributed by atoms with Crippen molar-refractivity contribution in [1.29, 1.82) is 0 Å². The minimum Gasteiger partial charge on any atom is -0.379 e. The molecule has 1 aliphatic heterocycles. The van der Waals surface area contributed by atoms with Gasteiger partial charge in [-0.05, 0) is 17.7 Å². The molecule has 10 heteroatoms. The summed E-state index contributed by atoms with van der Waals surface area (Å²) in [5.74, 6) is -0.302. The monoisotopic (exact) mass is 410 g/mol. The maximum Gasteiger partial charge on any atom is 0.432 e. The molecule has 1 aromatic carbocycles. The number of anilines is 1. The van der Waals surface area contributed by atoms with Gasteiger partial charge in [0.15, 0.2) is 5.82 Å². The van der Waals surface area contributed by atoms with E-state index in [0.717, 1.165) is 65.9 Å². The van der Waals surface area contributed by atoms with E-state index < -0.39 is 17.8 Å². The van der Waals surface area contributed by atoms with E-state index in [1.54, 1.807) is 12.1 Å². The van der Waals surface area contributed by atoms with E-state index in [9.17, 15) is 18.0 Å². The Morgan fingerprint density at radius 2 is 1.93 bits per heavy atom. The lowest BCUT2D eigenvalue weighted by atomic mass is 10.1. The first-order valence-electron chi connectivity index (χ1n) is 8.64. The molecule has 3 heterocycles. The summed E-state index contributed by atoms with van der Waals surface area (Å²) < 4.78 is 45.1. The van der Waals surface area contributed by atoms with Crippen molar-refractivity contribution in [2.24, 2.45) is 0 Å². The highest BCUT2D eigenvalue weighted by molar-refractivity contribution is 7.16. The highest BCUT2D eigenvalue weighted by Crippen LogP contribution is 2.35. The van der Waals surface area contributed by atoms with Gasteiger partial charge in [-0.15, -0.1) is 11.3 Å². The Balaban J connectivity index is 1.45. The standard InChI is InChI=1S/C18H17F3N4O2S/c19-18(20,21)14-10-28-17-15(22-11-25(14)17)23-16(26)13-3-1-12(2-4-13)9-24-5-7-27-8-6-24/h1-4,10-11H,5-9H2,(H,23,26). The number of morpholine rings is 1. The summed E-state index contributed by atoms with van der Waals surface area (Å²) >= 11 is 0.883. The smallest absolute Gasteiger partial charge is 0.379 e. The van der Waals surface area contributed by atoms with Crippen LogP contribution < -0.4 is 5.32 Å². The molecule has 1 amide bonds. The van der Waals surface area contributed by atoms with Crippen LogP contribution in [0.25, 0.3) is 4.83 Å². The Labute approximate surface area is 162 Å². The molecule has 3 aromatic rings.